The molecule has 1 heterocycles. The van der Waals surface area contributed by atoms with Gasteiger partial charge in [-0.1, -0.05) is 29.8 Å². The Kier molecular flexibility index (Phi) is 4.58. The monoisotopic (exact) mass is 285 g/mol. The molecule has 0 amide bonds. The van der Waals surface area contributed by atoms with E-state index in [1.807, 2.05) is 20.8 Å². The Morgan fingerprint density at radius 1 is 1.19 bits per heavy atom. The average molecular weight is 285 g/mol. The van der Waals surface area contributed by atoms with Gasteiger partial charge in [-0.05, 0) is 33.3 Å². The number of hydrogen-bond acceptors (Lipinski definition) is 3. The van der Waals surface area contributed by atoms with Crippen LogP contribution in [0.25, 0.3) is 0 Å². The van der Waals surface area contributed by atoms with E-state index in [2.05, 4.69) is 36.2 Å². The summed E-state index contributed by atoms with van der Waals surface area (Å²) in [5.41, 5.74) is 9.63. The molecule has 0 radical (unpaired) electrons. The molecule has 0 saturated heterocycles. The van der Waals surface area contributed by atoms with E-state index in [-0.39, 0.29) is 11.6 Å². The summed E-state index contributed by atoms with van der Waals surface area (Å²) >= 11 is 0. The molecule has 0 spiro atoms. The van der Waals surface area contributed by atoms with Gasteiger partial charge >= 0.3 is 0 Å². The molecule has 2 rings (SSSR count). The van der Waals surface area contributed by atoms with Crippen LogP contribution in [0.1, 0.15) is 41.2 Å². The average Bonchev–Trinajstić information content (AvgIpc) is 2.45. The summed E-state index contributed by atoms with van der Waals surface area (Å²) in [4.78, 5) is 17.3. The number of aryl methyl sites for hydroxylation is 3. The molecule has 21 heavy (non-hydrogen) atoms. The summed E-state index contributed by atoms with van der Waals surface area (Å²) in [6, 6.07) is 8.21. The van der Waals surface area contributed by atoms with Gasteiger partial charge in [0.1, 0.15) is 5.82 Å². The second-order valence-electron chi connectivity index (χ2n) is 5.65. The SMILES string of the molecule is Cc1ccc(Cc2c(C)nc(C)n(C(C)CN)c2=O)cc1. The number of nitrogens with two attached hydrogens (primary N) is 1. The Morgan fingerprint density at radius 2 is 1.81 bits per heavy atom. The molecule has 1 unspecified atom stereocenters. The minimum absolute atomic E-state index is 0.0264. The van der Waals surface area contributed by atoms with Gasteiger partial charge in [-0.15, -0.1) is 0 Å². The standard InChI is InChI=1S/C17H23N3O/c1-11-5-7-15(8-6-11)9-16-13(3)19-14(4)20(17(16)21)12(2)10-18/h5-8,12H,9-10,18H2,1-4H3. The maximum absolute atomic E-state index is 12.7. The van der Waals surface area contributed by atoms with Crippen LogP contribution >= 0.6 is 0 Å². The number of nitrogens with zero attached hydrogens (tertiary/aromatic N) is 2. The van der Waals surface area contributed by atoms with Crippen LogP contribution in [-0.4, -0.2) is 16.1 Å². The zero-order valence-electron chi connectivity index (χ0n) is 13.2. The van der Waals surface area contributed by atoms with Gasteiger partial charge in [0.25, 0.3) is 5.56 Å². The van der Waals surface area contributed by atoms with E-state index in [0.717, 1.165) is 22.6 Å². The Labute approximate surface area is 125 Å². The first-order valence-corrected chi connectivity index (χ1v) is 7.28. The van der Waals surface area contributed by atoms with Crippen molar-refractivity contribution in [1.82, 2.24) is 9.55 Å². The molecule has 0 saturated carbocycles. The summed E-state index contributed by atoms with van der Waals surface area (Å²) in [7, 11) is 0. The second-order valence-corrected chi connectivity index (χ2v) is 5.65. The fourth-order valence-corrected chi connectivity index (χ4v) is 2.55. The van der Waals surface area contributed by atoms with E-state index in [4.69, 9.17) is 5.73 Å². The maximum atomic E-state index is 12.7. The largest absolute Gasteiger partial charge is 0.328 e. The Balaban J connectivity index is 2.48. The molecule has 1 atom stereocenters. The molecule has 0 aliphatic rings. The van der Waals surface area contributed by atoms with Crippen molar-refractivity contribution >= 4 is 0 Å². The summed E-state index contributed by atoms with van der Waals surface area (Å²) < 4.78 is 1.70. The molecule has 1 aromatic heterocycles. The molecule has 2 aromatic rings. The van der Waals surface area contributed by atoms with E-state index in [9.17, 15) is 4.79 Å². The minimum atomic E-state index is -0.0395. The van der Waals surface area contributed by atoms with Crippen molar-refractivity contribution in [3.63, 3.8) is 0 Å². The fourth-order valence-electron chi connectivity index (χ4n) is 2.55. The third-order valence-electron chi connectivity index (χ3n) is 3.88. The van der Waals surface area contributed by atoms with Gasteiger partial charge in [0.15, 0.2) is 0 Å². The molecule has 4 heteroatoms. The van der Waals surface area contributed by atoms with Crippen molar-refractivity contribution in [3.05, 3.63) is 62.8 Å². The van der Waals surface area contributed by atoms with E-state index in [0.29, 0.717) is 13.0 Å². The zero-order valence-corrected chi connectivity index (χ0v) is 13.2. The first kappa shape index (κ1) is 15.4. The quantitative estimate of drug-likeness (QED) is 0.937. The number of aromatic nitrogens is 2. The summed E-state index contributed by atoms with van der Waals surface area (Å²) in [6.45, 7) is 8.18. The van der Waals surface area contributed by atoms with Crippen LogP contribution in [0, 0.1) is 20.8 Å². The molecule has 0 aliphatic heterocycles. The second kappa shape index (κ2) is 6.22. The Hall–Kier alpha value is -1.94. The van der Waals surface area contributed by atoms with Crippen LogP contribution < -0.4 is 11.3 Å². The third kappa shape index (κ3) is 3.22. The third-order valence-corrected chi connectivity index (χ3v) is 3.88. The predicted molar refractivity (Wildman–Crippen MR) is 85.7 cm³/mol. The summed E-state index contributed by atoms with van der Waals surface area (Å²) in [6.07, 6.45) is 0.607. The molecule has 0 bridgehead atoms. The highest BCUT2D eigenvalue weighted by Gasteiger charge is 2.15. The van der Waals surface area contributed by atoms with Gasteiger partial charge in [0.05, 0.1) is 0 Å². The van der Waals surface area contributed by atoms with Gasteiger partial charge < -0.3 is 5.73 Å². The lowest BCUT2D eigenvalue weighted by Crippen LogP contribution is -2.33. The van der Waals surface area contributed by atoms with Gasteiger partial charge in [0, 0.05) is 30.3 Å². The van der Waals surface area contributed by atoms with Crippen LogP contribution in [0.15, 0.2) is 29.1 Å². The molecular weight excluding hydrogens is 262 g/mol. The van der Waals surface area contributed by atoms with Crippen LogP contribution in [0.3, 0.4) is 0 Å². The Bertz CT molecular complexity index is 686. The van der Waals surface area contributed by atoms with E-state index in [1.165, 1.54) is 5.56 Å². The first-order valence-electron chi connectivity index (χ1n) is 7.28. The predicted octanol–water partition coefficient (Wildman–Crippen LogP) is 2.28. The molecule has 0 fully saturated rings. The highest BCUT2D eigenvalue weighted by molar-refractivity contribution is 5.29. The van der Waals surface area contributed by atoms with E-state index >= 15 is 0 Å². The number of benzene rings is 1. The van der Waals surface area contributed by atoms with Crippen LogP contribution in [0.5, 0.6) is 0 Å². The van der Waals surface area contributed by atoms with E-state index in [1.54, 1.807) is 4.57 Å². The molecular formula is C17H23N3O. The van der Waals surface area contributed by atoms with Crippen LogP contribution in [0.4, 0.5) is 0 Å². The molecule has 1 aromatic carbocycles. The van der Waals surface area contributed by atoms with Crippen molar-refractivity contribution in [1.29, 1.82) is 0 Å². The minimum Gasteiger partial charge on any atom is -0.328 e. The van der Waals surface area contributed by atoms with Crippen LogP contribution in [0.2, 0.25) is 0 Å². The van der Waals surface area contributed by atoms with Crippen molar-refractivity contribution in [3.8, 4) is 0 Å². The van der Waals surface area contributed by atoms with Crippen molar-refractivity contribution in [2.75, 3.05) is 6.54 Å². The van der Waals surface area contributed by atoms with Gasteiger partial charge in [-0.2, -0.15) is 0 Å². The highest BCUT2D eigenvalue weighted by Crippen LogP contribution is 2.12. The molecule has 0 aliphatic carbocycles. The Morgan fingerprint density at radius 3 is 2.38 bits per heavy atom. The first-order chi connectivity index (χ1) is 9.93. The van der Waals surface area contributed by atoms with Gasteiger partial charge in [-0.25, -0.2) is 4.98 Å². The lowest BCUT2D eigenvalue weighted by Gasteiger charge is -2.18. The van der Waals surface area contributed by atoms with Gasteiger partial charge in [-0.3, -0.25) is 9.36 Å². The van der Waals surface area contributed by atoms with Crippen molar-refractivity contribution in [2.24, 2.45) is 5.73 Å². The summed E-state index contributed by atoms with van der Waals surface area (Å²) in [5, 5.41) is 0. The van der Waals surface area contributed by atoms with Crippen LogP contribution in [-0.2, 0) is 6.42 Å². The zero-order chi connectivity index (χ0) is 15.6. The topological polar surface area (TPSA) is 60.9 Å². The number of rotatable bonds is 4. The maximum Gasteiger partial charge on any atom is 0.257 e. The van der Waals surface area contributed by atoms with Crippen molar-refractivity contribution in [2.45, 2.75) is 40.2 Å². The van der Waals surface area contributed by atoms with Crippen molar-refractivity contribution < 1.29 is 0 Å². The highest BCUT2D eigenvalue weighted by atomic mass is 16.1. The number of hydrogen-bond donors (Lipinski definition) is 1. The lowest BCUT2D eigenvalue weighted by atomic mass is 10.0. The lowest BCUT2D eigenvalue weighted by molar-refractivity contribution is 0.510. The molecule has 2 N–H and O–H groups in total. The smallest absolute Gasteiger partial charge is 0.257 e. The van der Waals surface area contributed by atoms with E-state index < -0.39 is 0 Å². The summed E-state index contributed by atoms with van der Waals surface area (Å²) in [5.74, 6) is 0.725. The van der Waals surface area contributed by atoms with Gasteiger partial charge in [0.2, 0.25) is 0 Å². The fraction of sp³-hybridized carbons (Fsp3) is 0.412. The molecule has 112 valence electrons. The molecule has 4 nitrogen and oxygen atoms in total. The normalized spacial score (nSPS) is 12.4.